The molecular weight excluding hydrogens is 292 g/mol. The van der Waals surface area contributed by atoms with Crippen molar-refractivity contribution < 1.29 is 9.53 Å². The topological polar surface area (TPSA) is 26.3 Å². The Bertz CT molecular complexity index is 611. The Morgan fingerprint density at radius 2 is 1.95 bits per heavy atom. The molecule has 0 aromatic heterocycles. The van der Waals surface area contributed by atoms with E-state index in [0.29, 0.717) is 22.1 Å². The molecule has 4 heteroatoms. The van der Waals surface area contributed by atoms with Gasteiger partial charge < -0.3 is 4.74 Å². The van der Waals surface area contributed by atoms with E-state index >= 15 is 0 Å². The molecular formula is C16H15ClO2S. The zero-order valence-corrected chi connectivity index (χ0v) is 12.9. The molecule has 0 unspecified atom stereocenters. The monoisotopic (exact) mass is 306 g/mol. The summed E-state index contributed by atoms with van der Waals surface area (Å²) in [5, 5.41) is 0.582. The number of ether oxygens (including phenoxy) is 1. The quantitative estimate of drug-likeness (QED) is 0.595. The first-order chi connectivity index (χ1) is 9.61. The van der Waals surface area contributed by atoms with Gasteiger partial charge in [0.05, 0.1) is 18.4 Å². The van der Waals surface area contributed by atoms with Crippen LogP contribution in [0.5, 0.6) is 5.75 Å². The number of carbonyl (C=O) groups is 1. The van der Waals surface area contributed by atoms with E-state index < -0.39 is 0 Å². The van der Waals surface area contributed by atoms with E-state index in [1.54, 1.807) is 19.2 Å². The summed E-state index contributed by atoms with van der Waals surface area (Å²) in [6.45, 7) is 1.89. The van der Waals surface area contributed by atoms with Gasteiger partial charge in [-0.2, -0.15) is 0 Å². The number of methoxy groups -OCH3 is 1. The number of Topliss-reactive ketones (excluding diaryl/α,β-unsaturated/α-hetero) is 1. The van der Waals surface area contributed by atoms with Gasteiger partial charge in [0.25, 0.3) is 0 Å². The molecule has 0 saturated heterocycles. The molecule has 0 bridgehead atoms. The zero-order chi connectivity index (χ0) is 14.5. The Morgan fingerprint density at radius 1 is 1.25 bits per heavy atom. The van der Waals surface area contributed by atoms with Crippen molar-refractivity contribution in [3.8, 4) is 5.75 Å². The van der Waals surface area contributed by atoms with Crippen LogP contribution >= 0.6 is 23.4 Å². The Hall–Kier alpha value is -1.45. The summed E-state index contributed by atoms with van der Waals surface area (Å²) in [5.74, 6) is 0.947. The summed E-state index contributed by atoms with van der Waals surface area (Å²) in [6.07, 6.45) is 0. The molecule has 0 atom stereocenters. The predicted octanol–water partition coefficient (Wildman–Crippen LogP) is 4.63. The van der Waals surface area contributed by atoms with Gasteiger partial charge in [0.1, 0.15) is 5.75 Å². The lowest BCUT2D eigenvalue weighted by molar-refractivity contribution is 0.101. The van der Waals surface area contributed by atoms with E-state index in [2.05, 4.69) is 0 Å². The lowest BCUT2D eigenvalue weighted by Gasteiger charge is -2.10. The number of hydrogen-bond acceptors (Lipinski definition) is 3. The fourth-order valence-electron chi connectivity index (χ4n) is 1.79. The molecule has 0 radical (unpaired) electrons. The highest BCUT2D eigenvalue weighted by Crippen LogP contribution is 2.28. The standard InChI is InChI=1S/C16H15ClO2S/c1-11-8-16(19-2)13(9-14(11)17)15(18)10-20-12-6-4-3-5-7-12/h3-9H,10H2,1-2H3. The maximum Gasteiger partial charge on any atom is 0.176 e. The first-order valence-electron chi connectivity index (χ1n) is 6.17. The van der Waals surface area contributed by atoms with Gasteiger partial charge in [-0.25, -0.2) is 0 Å². The second-order valence-corrected chi connectivity index (χ2v) is 5.78. The lowest BCUT2D eigenvalue weighted by Crippen LogP contribution is -2.05. The highest BCUT2D eigenvalue weighted by Gasteiger charge is 2.14. The fraction of sp³-hybridized carbons (Fsp3) is 0.188. The van der Waals surface area contributed by atoms with Gasteiger partial charge in [-0.05, 0) is 36.8 Å². The molecule has 0 N–H and O–H groups in total. The Balaban J connectivity index is 2.15. The van der Waals surface area contributed by atoms with E-state index in [1.807, 2.05) is 37.3 Å². The number of halogens is 1. The van der Waals surface area contributed by atoms with Gasteiger partial charge in [0.2, 0.25) is 0 Å². The summed E-state index contributed by atoms with van der Waals surface area (Å²) in [5.41, 5.74) is 1.43. The Morgan fingerprint density at radius 3 is 2.60 bits per heavy atom. The molecule has 2 aromatic carbocycles. The molecule has 2 nitrogen and oxygen atoms in total. The molecule has 0 aliphatic rings. The van der Waals surface area contributed by atoms with Crippen LogP contribution in [0.1, 0.15) is 15.9 Å². The van der Waals surface area contributed by atoms with Crippen molar-refractivity contribution >= 4 is 29.1 Å². The second-order valence-electron chi connectivity index (χ2n) is 4.33. The van der Waals surface area contributed by atoms with Crippen LogP contribution in [0, 0.1) is 6.92 Å². The van der Waals surface area contributed by atoms with Crippen LogP contribution in [0.3, 0.4) is 0 Å². The lowest BCUT2D eigenvalue weighted by atomic mass is 10.1. The number of rotatable bonds is 5. The van der Waals surface area contributed by atoms with Crippen molar-refractivity contribution in [3.05, 3.63) is 58.6 Å². The second kappa shape index (κ2) is 6.82. The van der Waals surface area contributed by atoms with Gasteiger partial charge in [-0.15, -0.1) is 11.8 Å². The van der Waals surface area contributed by atoms with Crippen molar-refractivity contribution in [1.29, 1.82) is 0 Å². The molecule has 0 spiro atoms. The Kier molecular flexibility index (Phi) is 5.10. The van der Waals surface area contributed by atoms with E-state index in [9.17, 15) is 4.79 Å². The van der Waals surface area contributed by atoms with Gasteiger partial charge in [-0.1, -0.05) is 29.8 Å². The van der Waals surface area contributed by atoms with Gasteiger partial charge in [-0.3, -0.25) is 4.79 Å². The van der Waals surface area contributed by atoms with Crippen molar-refractivity contribution in [2.24, 2.45) is 0 Å². The van der Waals surface area contributed by atoms with Crippen molar-refractivity contribution in [3.63, 3.8) is 0 Å². The maximum atomic E-state index is 12.3. The van der Waals surface area contributed by atoms with Crippen LogP contribution in [-0.2, 0) is 0 Å². The highest BCUT2D eigenvalue weighted by atomic mass is 35.5. The molecule has 2 aromatic rings. The van der Waals surface area contributed by atoms with Crippen molar-refractivity contribution in [1.82, 2.24) is 0 Å². The van der Waals surface area contributed by atoms with Crippen LogP contribution in [0.25, 0.3) is 0 Å². The van der Waals surface area contributed by atoms with Gasteiger partial charge >= 0.3 is 0 Å². The summed E-state index contributed by atoms with van der Waals surface area (Å²) in [7, 11) is 1.56. The molecule has 0 saturated carbocycles. The van der Waals surface area contributed by atoms with Crippen LogP contribution in [0.4, 0.5) is 0 Å². The zero-order valence-electron chi connectivity index (χ0n) is 11.4. The van der Waals surface area contributed by atoms with Crippen LogP contribution < -0.4 is 4.74 Å². The third kappa shape index (κ3) is 3.56. The molecule has 20 heavy (non-hydrogen) atoms. The summed E-state index contributed by atoms with van der Waals surface area (Å²) in [4.78, 5) is 13.4. The number of ketones is 1. The minimum Gasteiger partial charge on any atom is -0.496 e. The number of thioether (sulfide) groups is 1. The van der Waals surface area contributed by atoms with E-state index in [4.69, 9.17) is 16.3 Å². The third-order valence-corrected chi connectivity index (χ3v) is 4.31. The first kappa shape index (κ1) is 14.9. The number of benzene rings is 2. The van der Waals surface area contributed by atoms with Crippen LogP contribution in [0.2, 0.25) is 5.02 Å². The number of aryl methyl sites for hydroxylation is 1. The predicted molar refractivity (Wildman–Crippen MR) is 84.2 cm³/mol. The molecule has 0 amide bonds. The van der Waals surface area contributed by atoms with E-state index in [-0.39, 0.29) is 5.78 Å². The first-order valence-corrected chi connectivity index (χ1v) is 7.53. The SMILES string of the molecule is COc1cc(C)c(Cl)cc1C(=O)CSc1ccccc1. The smallest absolute Gasteiger partial charge is 0.176 e. The summed E-state index contributed by atoms with van der Waals surface area (Å²) >= 11 is 7.59. The van der Waals surface area contributed by atoms with E-state index in [0.717, 1.165) is 10.5 Å². The van der Waals surface area contributed by atoms with Gasteiger partial charge in [0, 0.05) is 9.92 Å². The highest BCUT2D eigenvalue weighted by molar-refractivity contribution is 8.00. The van der Waals surface area contributed by atoms with Crippen molar-refractivity contribution in [2.75, 3.05) is 12.9 Å². The minimum atomic E-state index is 0.0117. The van der Waals surface area contributed by atoms with Crippen molar-refractivity contribution in [2.45, 2.75) is 11.8 Å². The molecule has 0 aliphatic heterocycles. The average Bonchev–Trinajstić information content (AvgIpc) is 2.48. The molecule has 104 valence electrons. The number of carbonyl (C=O) groups excluding carboxylic acids is 1. The number of hydrogen-bond donors (Lipinski definition) is 0. The minimum absolute atomic E-state index is 0.0117. The molecule has 0 heterocycles. The van der Waals surface area contributed by atoms with Crippen LogP contribution in [-0.4, -0.2) is 18.6 Å². The Labute approximate surface area is 128 Å². The summed E-state index contributed by atoms with van der Waals surface area (Å²) in [6, 6.07) is 13.3. The maximum absolute atomic E-state index is 12.3. The molecule has 0 aliphatic carbocycles. The molecule has 2 rings (SSSR count). The largest absolute Gasteiger partial charge is 0.496 e. The fourth-order valence-corrected chi connectivity index (χ4v) is 2.75. The van der Waals surface area contributed by atoms with Gasteiger partial charge in [0.15, 0.2) is 5.78 Å². The van der Waals surface area contributed by atoms with E-state index in [1.165, 1.54) is 11.8 Å². The summed E-state index contributed by atoms with van der Waals surface area (Å²) < 4.78 is 5.27. The average molecular weight is 307 g/mol. The molecule has 0 fully saturated rings. The third-order valence-electron chi connectivity index (χ3n) is 2.89. The van der Waals surface area contributed by atoms with Crippen LogP contribution in [0.15, 0.2) is 47.4 Å². The normalized spacial score (nSPS) is 10.3.